The highest BCUT2D eigenvalue weighted by Crippen LogP contribution is 2.50. The molecule has 0 aliphatic heterocycles. The van der Waals surface area contributed by atoms with E-state index in [2.05, 4.69) is 32.2 Å². The van der Waals surface area contributed by atoms with Gasteiger partial charge in [-0.15, -0.1) is 0 Å². The number of nitrogens with one attached hydrogen (secondary N) is 1. The van der Waals surface area contributed by atoms with Crippen molar-refractivity contribution in [3.8, 4) is 11.8 Å². The molecule has 4 heteroatoms. The van der Waals surface area contributed by atoms with Gasteiger partial charge in [-0.05, 0) is 65.6 Å². The number of ketones is 1. The summed E-state index contributed by atoms with van der Waals surface area (Å²) >= 11 is 0. The van der Waals surface area contributed by atoms with Gasteiger partial charge in [0.2, 0.25) is 0 Å². The highest BCUT2D eigenvalue weighted by atomic mass is 16.5. The fraction of sp³-hybridized carbons (Fsp3) is 0.333. The van der Waals surface area contributed by atoms with Gasteiger partial charge in [0, 0.05) is 23.1 Å². The number of rotatable bonds is 5. The topological polar surface area (TPSA) is 62.1 Å². The van der Waals surface area contributed by atoms with Crippen LogP contribution in [0, 0.1) is 11.3 Å². The van der Waals surface area contributed by atoms with Crippen molar-refractivity contribution >= 4 is 11.4 Å². The summed E-state index contributed by atoms with van der Waals surface area (Å²) in [7, 11) is 0. The van der Waals surface area contributed by atoms with E-state index in [0.717, 1.165) is 52.2 Å². The van der Waals surface area contributed by atoms with Crippen LogP contribution in [-0.4, -0.2) is 25.5 Å². The van der Waals surface area contributed by atoms with Crippen molar-refractivity contribution in [3.63, 3.8) is 0 Å². The fourth-order valence-electron chi connectivity index (χ4n) is 4.33. The molecule has 0 bridgehead atoms. The molecule has 0 atom stereocenters. The molecule has 2 aliphatic rings. The molecule has 2 aromatic carbocycles. The number of Topliss-reactive ketones (excluding diaryl/α,β-unsaturated/α-hetero) is 1. The molecule has 0 fully saturated rings. The number of nitriles is 1. The number of ether oxygens (including phenoxy) is 1. The minimum Gasteiger partial charge on any atom is -0.492 e. The lowest BCUT2D eigenvalue weighted by atomic mass is 9.68. The molecule has 2 aliphatic carbocycles. The van der Waals surface area contributed by atoms with E-state index in [0.29, 0.717) is 18.6 Å². The van der Waals surface area contributed by atoms with E-state index in [1.807, 2.05) is 30.3 Å². The lowest BCUT2D eigenvalue weighted by Crippen LogP contribution is -2.30. The lowest BCUT2D eigenvalue weighted by Gasteiger charge is -2.34. The first-order chi connectivity index (χ1) is 13.5. The molecule has 0 heterocycles. The first-order valence-electron chi connectivity index (χ1n) is 9.77. The Hall–Kier alpha value is -2.90. The Labute approximate surface area is 165 Å². The monoisotopic (exact) mass is 372 g/mol. The van der Waals surface area contributed by atoms with Crippen LogP contribution in [0.1, 0.15) is 53.4 Å². The number of carbonyl (C=O) groups excluding carboxylic acids is 1. The van der Waals surface area contributed by atoms with Gasteiger partial charge in [0.1, 0.15) is 12.4 Å². The van der Waals surface area contributed by atoms with Gasteiger partial charge < -0.3 is 10.1 Å². The molecule has 2 aromatic rings. The summed E-state index contributed by atoms with van der Waals surface area (Å²) in [5.41, 5.74) is 6.14. The molecule has 0 unspecified atom stereocenters. The second-order valence-corrected chi connectivity index (χ2v) is 7.88. The van der Waals surface area contributed by atoms with Crippen molar-refractivity contribution in [2.24, 2.45) is 0 Å². The third kappa shape index (κ3) is 2.83. The molecule has 4 nitrogen and oxygen atoms in total. The SMILES string of the molecule is CCNCCOc1ccc2c(c1)C(C)(C)C1=C(C2=O)c2ccc(C#N)cc2C1. The van der Waals surface area contributed by atoms with Gasteiger partial charge in [0.25, 0.3) is 0 Å². The Balaban J connectivity index is 1.71. The van der Waals surface area contributed by atoms with Crippen molar-refractivity contribution in [1.82, 2.24) is 5.32 Å². The zero-order valence-corrected chi connectivity index (χ0v) is 16.6. The summed E-state index contributed by atoms with van der Waals surface area (Å²) < 4.78 is 5.88. The van der Waals surface area contributed by atoms with E-state index in [4.69, 9.17) is 4.74 Å². The average Bonchev–Trinajstić information content (AvgIpc) is 3.09. The van der Waals surface area contributed by atoms with E-state index in [1.54, 1.807) is 6.07 Å². The van der Waals surface area contributed by atoms with Crippen LogP contribution in [0.3, 0.4) is 0 Å². The Morgan fingerprint density at radius 1 is 1.18 bits per heavy atom. The largest absolute Gasteiger partial charge is 0.492 e. The van der Waals surface area contributed by atoms with E-state index >= 15 is 0 Å². The Morgan fingerprint density at radius 3 is 2.71 bits per heavy atom. The van der Waals surface area contributed by atoms with Gasteiger partial charge in [-0.2, -0.15) is 5.26 Å². The van der Waals surface area contributed by atoms with Crippen molar-refractivity contribution in [2.45, 2.75) is 32.6 Å². The van der Waals surface area contributed by atoms with Gasteiger partial charge in [-0.3, -0.25) is 4.79 Å². The third-order valence-corrected chi connectivity index (χ3v) is 5.86. The van der Waals surface area contributed by atoms with Crippen molar-refractivity contribution in [1.29, 1.82) is 5.26 Å². The normalized spacial score (nSPS) is 16.3. The number of allylic oxidation sites excluding steroid dienone is 2. The lowest BCUT2D eigenvalue weighted by molar-refractivity contribution is 0.105. The van der Waals surface area contributed by atoms with Crippen molar-refractivity contribution < 1.29 is 9.53 Å². The molecule has 4 rings (SSSR count). The molecule has 0 saturated heterocycles. The molecular formula is C24H24N2O2. The van der Waals surface area contributed by atoms with Crippen molar-refractivity contribution in [2.75, 3.05) is 19.7 Å². The van der Waals surface area contributed by atoms with Crippen molar-refractivity contribution in [3.05, 3.63) is 69.8 Å². The van der Waals surface area contributed by atoms with Crippen LogP contribution in [0.25, 0.3) is 5.57 Å². The molecule has 0 saturated carbocycles. The summed E-state index contributed by atoms with van der Waals surface area (Å²) in [4.78, 5) is 13.3. The Morgan fingerprint density at radius 2 is 1.96 bits per heavy atom. The molecular weight excluding hydrogens is 348 g/mol. The van der Waals surface area contributed by atoms with Crippen LogP contribution in [0.5, 0.6) is 5.75 Å². The molecule has 1 N–H and O–H groups in total. The van der Waals surface area contributed by atoms with E-state index in [1.165, 1.54) is 0 Å². The maximum absolute atomic E-state index is 13.3. The number of hydrogen-bond acceptors (Lipinski definition) is 4. The molecule has 0 amide bonds. The van der Waals surface area contributed by atoms with Crippen LogP contribution < -0.4 is 10.1 Å². The Bertz CT molecular complexity index is 1040. The van der Waals surface area contributed by atoms with Crippen LogP contribution in [0.4, 0.5) is 0 Å². The zero-order valence-electron chi connectivity index (χ0n) is 16.6. The first kappa shape index (κ1) is 18.5. The van der Waals surface area contributed by atoms with Crippen LogP contribution in [0.15, 0.2) is 42.0 Å². The summed E-state index contributed by atoms with van der Waals surface area (Å²) in [6, 6.07) is 13.6. The minimum atomic E-state index is -0.272. The maximum Gasteiger partial charge on any atom is 0.193 e. The standard InChI is InChI=1S/C24H24N2O2/c1-4-26-9-10-28-17-6-8-19-20(13-17)24(2,3)21-12-16-11-15(14-25)5-7-18(16)22(21)23(19)27/h5-8,11,13,26H,4,9-10,12H2,1-3H3. The van der Waals surface area contributed by atoms with Crippen LogP contribution in [-0.2, 0) is 11.8 Å². The molecule has 0 spiro atoms. The predicted octanol–water partition coefficient (Wildman–Crippen LogP) is 4.03. The molecule has 0 aromatic heterocycles. The average molecular weight is 372 g/mol. The second-order valence-electron chi connectivity index (χ2n) is 7.88. The van der Waals surface area contributed by atoms with E-state index in [9.17, 15) is 10.1 Å². The fourth-order valence-corrected chi connectivity index (χ4v) is 4.33. The van der Waals surface area contributed by atoms with E-state index < -0.39 is 0 Å². The second kappa shape index (κ2) is 6.92. The summed E-state index contributed by atoms with van der Waals surface area (Å²) in [6.45, 7) is 8.72. The van der Waals surface area contributed by atoms with Gasteiger partial charge in [0.05, 0.1) is 11.6 Å². The molecule has 0 radical (unpaired) electrons. The number of fused-ring (bicyclic) bond motifs is 3. The highest BCUT2D eigenvalue weighted by Gasteiger charge is 2.42. The third-order valence-electron chi connectivity index (χ3n) is 5.86. The zero-order chi connectivity index (χ0) is 19.9. The Kier molecular flexibility index (Phi) is 4.56. The van der Waals surface area contributed by atoms with Crippen LogP contribution in [0.2, 0.25) is 0 Å². The summed E-state index contributed by atoms with van der Waals surface area (Å²) in [5, 5.41) is 12.5. The van der Waals surface area contributed by atoms with Gasteiger partial charge in [-0.25, -0.2) is 0 Å². The number of likely N-dealkylation sites (N-methyl/N-ethyl adjacent to an activating group) is 1. The number of hydrogen-bond donors (Lipinski definition) is 1. The quantitative estimate of drug-likeness (QED) is 0.805. The summed E-state index contributed by atoms with van der Waals surface area (Å²) in [5.74, 6) is 0.871. The number of benzene rings is 2. The maximum atomic E-state index is 13.3. The highest BCUT2D eigenvalue weighted by molar-refractivity contribution is 6.33. The van der Waals surface area contributed by atoms with Gasteiger partial charge in [-0.1, -0.05) is 26.8 Å². The predicted molar refractivity (Wildman–Crippen MR) is 110 cm³/mol. The van der Waals surface area contributed by atoms with Crippen LogP contribution >= 0.6 is 0 Å². The molecule has 28 heavy (non-hydrogen) atoms. The first-order valence-corrected chi connectivity index (χ1v) is 9.77. The van der Waals surface area contributed by atoms with Gasteiger partial charge in [0.15, 0.2) is 5.78 Å². The number of nitrogens with zero attached hydrogens (tertiary/aromatic N) is 1. The van der Waals surface area contributed by atoms with E-state index in [-0.39, 0.29) is 11.2 Å². The summed E-state index contributed by atoms with van der Waals surface area (Å²) in [6.07, 6.45) is 0.712. The minimum absolute atomic E-state index is 0.0759. The van der Waals surface area contributed by atoms with Gasteiger partial charge >= 0.3 is 0 Å². The number of carbonyl (C=O) groups is 1. The molecule has 142 valence electrons. The smallest absolute Gasteiger partial charge is 0.193 e.